The monoisotopic (exact) mass is 283 g/mol. The number of hydrogen-bond acceptors (Lipinski definition) is 7. The van der Waals surface area contributed by atoms with E-state index in [-0.39, 0.29) is 17.4 Å². The van der Waals surface area contributed by atoms with Crippen LogP contribution in [0.1, 0.15) is 41.9 Å². The van der Waals surface area contributed by atoms with E-state index in [1.165, 1.54) is 0 Å². The molecule has 0 atom stereocenters. The highest BCUT2D eigenvalue weighted by Crippen LogP contribution is 2.38. The van der Waals surface area contributed by atoms with Crippen molar-refractivity contribution in [2.45, 2.75) is 37.2 Å². The summed E-state index contributed by atoms with van der Waals surface area (Å²) in [7, 11) is -3.39. The van der Waals surface area contributed by atoms with Crippen LogP contribution in [0, 0.1) is 6.92 Å². The number of aromatic nitrogens is 3. The van der Waals surface area contributed by atoms with Gasteiger partial charge in [-0.2, -0.15) is 4.98 Å². The molecular weight excluding hydrogens is 270 g/mol. The van der Waals surface area contributed by atoms with Gasteiger partial charge in [0.05, 0.1) is 11.4 Å². The molecular formula is C11H13N3O4S. The Morgan fingerprint density at radius 1 is 1.26 bits per heavy atom. The van der Waals surface area contributed by atoms with Crippen molar-refractivity contribution in [2.75, 3.05) is 0 Å². The van der Waals surface area contributed by atoms with Crippen LogP contribution in [0.25, 0.3) is 0 Å². The lowest BCUT2D eigenvalue weighted by Gasteiger charge is -1.96. The second kappa shape index (κ2) is 4.44. The average molecular weight is 283 g/mol. The molecule has 3 rings (SSSR count). The first-order valence-corrected chi connectivity index (χ1v) is 7.79. The summed E-state index contributed by atoms with van der Waals surface area (Å²) in [6.45, 7) is 1.71. The SMILES string of the molecule is Cc1cc(CS(=O)(=O)Cc2nc(C3CC3)no2)no1. The summed E-state index contributed by atoms with van der Waals surface area (Å²) in [6.07, 6.45) is 2.09. The van der Waals surface area contributed by atoms with E-state index in [4.69, 9.17) is 9.05 Å². The summed E-state index contributed by atoms with van der Waals surface area (Å²) in [5, 5.41) is 7.45. The van der Waals surface area contributed by atoms with Crippen LogP contribution in [0.2, 0.25) is 0 Å². The first-order chi connectivity index (χ1) is 9.02. The minimum Gasteiger partial charge on any atom is -0.361 e. The largest absolute Gasteiger partial charge is 0.361 e. The minimum absolute atomic E-state index is 0.141. The van der Waals surface area contributed by atoms with Crippen LogP contribution < -0.4 is 0 Å². The highest BCUT2D eigenvalue weighted by atomic mass is 32.2. The topological polar surface area (TPSA) is 99.1 Å². The van der Waals surface area contributed by atoms with E-state index in [9.17, 15) is 8.42 Å². The zero-order chi connectivity index (χ0) is 13.5. The van der Waals surface area contributed by atoms with Crippen molar-refractivity contribution >= 4 is 9.84 Å². The molecule has 2 aromatic heterocycles. The van der Waals surface area contributed by atoms with E-state index in [2.05, 4.69) is 15.3 Å². The summed E-state index contributed by atoms with van der Waals surface area (Å²) in [5.74, 6) is 1.23. The van der Waals surface area contributed by atoms with E-state index < -0.39 is 9.84 Å². The van der Waals surface area contributed by atoms with Crippen molar-refractivity contribution in [2.24, 2.45) is 0 Å². The van der Waals surface area contributed by atoms with Crippen molar-refractivity contribution < 1.29 is 17.5 Å². The number of rotatable bonds is 5. The van der Waals surface area contributed by atoms with Gasteiger partial charge >= 0.3 is 0 Å². The summed E-state index contributed by atoms with van der Waals surface area (Å²) >= 11 is 0. The molecule has 7 nitrogen and oxygen atoms in total. The normalized spacial score (nSPS) is 15.8. The molecule has 2 heterocycles. The molecule has 0 saturated heterocycles. The van der Waals surface area contributed by atoms with Crippen LogP contribution in [-0.4, -0.2) is 23.7 Å². The van der Waals surface area contributed by atoms with Crippen LogP contribution in [0.5, 0.6) is 0 Å². The van der Waals surface area contributed by atoms with Crippen molar-refractivity contribution in [3.63, 3.8) is 0 Å². The predicted octanol–water partition coefficient (Wildman–Crippen LogP) is 1.36. The van der Waals surface area contributed by atoms with Gasteiger partial charge < -0.3 is 9.05 Å². The molecule has 0 bridgehead atoms. The quantitative estimate of drug-likeness (QED) is 0.816. The third-order valence-corrected chi connectivity index (χ3v) is 4.24. The number of nitrogens with zero attached hydrogens (tertiary/aromatic N) is 3. The Kier molecular flexibility index (Phi) is 2.89. The van der Waals surface area contributed by atoms with Crippen LogP contribution in [-0.2, 0) is 21.3 Å². The molecule has 0 unspecified atom stereocenters. The third-order valence-electron chi connectivity index (χ3n) is 2.81. The van der Waals surface area contributed by atoms with Gasteiger partial charge in [0.15, 0.2) is 15.7 Å². The van der Waals surface area contributed by atoms with E-state index in [0.29, 0.717) is 23.2 Å². The summed E-state index contributed by atoms with van der Waals surface area (Å²) in [4.78, 5) is 4.10. The lowest BCUT2D eigenvalue weighted by atomic mass is 10.4. The van der Waals surface area contributed by atoms with Gasteiger partial charge in [0.1, 0.15) is 11.5 Å². The Hall–Kier alpha value is -1.70. The summed E-state index contributed by atoms with van der Waals surface area (Å²) < 4.78 is 33.7. The molecule has 0 amide bonds. The van der Waals surface area contributed by atoms with Crippen LogP contribution in [0.3, 0.4) is 0 Å². The predicted molar refractivity (Wildman–Crippen MR) is 63.8 cm³/mol. The van der Waals surface area contributed by atoms with Crippen molar-refractivity contribution in [3.8, 4) is 0 Å². The molecule has 0 aliphatic heterocycles. The lowest BCUT2D eigenvalue weighted by molar-refractivity contribution is 0.382. The maximum absolute atomic E-state index is 12.0. The first kappa shape index (κ1) is 12.3. The second-order valence-electron chi connectivity index (χ2n) is 4.78. The summed E-state index contributed by atoms with van der Waals surface area (Å²) in [5.41, 5.74) is 0.388. The average Bonchev–Trinajstić information content (AvgIpc) is 2.95. The van der Waals surface area contributed by atoms with Gasteiger partial charge in [-0.1, -0.05) is 10.3 Å². The number of aryl methyl sites for hydroxylation is 1. The van der Waals surface area contributed by atoms with Gasteiger partial charge in [0.25, 0.3) is 0 Å². The second-order valence-corrected chi connectivity index (χ2v) is 6.85. The van der Waals surface area contributed by atoms with Crippen molar-refractivity contribution in [1.29, 1.82) is 0 Å². The van der Waals surface area contributed by atoms with E-state index in [1.54, 1.807) is 13.0 Å². The Balaban J connectivity index is 1.69. The minimum atomic E-state index is -3.39. The Labute approximate surface area is 109 Å². The van der Waals surface area contributed by atoms with Crippen LogP contribution in [0.4, 0.5) is 0 Å². The smallest absolute Gasteiger partial charge is 0.241 e. The molecule has 8 heteroatoms. The molecule has 0 radical (unpaired) electrons. The molecule has 1 aliphatic rings. The zero-order valence-corrected chi connectivity index (χ0v) is 11.2. The van der Waals surface area contributed by atoms with Crippen molar-refractivity contribution in [3.05, 3.63) is 29.2 Å². The van der Waals surface area contributed by atoms with Gasteiger partial charge in [-0.15, -0.1) is 0 Å². The molecule has 19 heavy (non-hydrogen) atoms. The number of hydrogen-bond donors (Lipinski definition) is 0. The molecule has 0 aromatic carbocycles. The molecule has 0 N–H and O–H groups in total. The highest BCUT2D eigenvalue weighted by Gasteiger charge is 2.29. The fraction of sp³-hybridized carbons (Fsp3) is 0.545. The van der Waals surface area contributed by atoms with Crippen LogP contribution in [0.15, 0.2) is 15.1 Å². The molecule has 0 spiro atoms. The number of sulfone groups is 1. The Morgan fingerprint density at radius 3 is 2.68 bits per heavy atom. The standard InChI is InChI=1S/C11H13N3O4S/c1-7-4-9(13-17-7)5-19(15,16)6-10-12-11(14-18-10)8-2-3-8/h4,8H,2-3,5-6H2,1H3. The van der Waals surface area contributed by atoms with Crippen LogP contribution >= 0.6 is 0 Å². The lowest BCUT2D eigenvalue weighted by Crippen LogP contribution is -2.08. The van der Waals surface area contributed by atoms with Gasteiger partial charge in [0, 0.05) is 12.0 Å². The summed E-state index contributed by atoms with van der Waals surface area (Å²) in [6, 6.07) is 1.60. The van der Waals surface area contributed by atoms with Gasteiger partial charge in [0.2, 0.25) is 5.89 Å². The van der Waals surface area contributed by atoms with Gasteiger partial charge in [-0.05, 0) is 19.8 Å². The Bertz CT molecular complexity index is 684. The maximum atomic E-state index is 12.0. The first-order valence-electron chi connectivity index (χ1n) is 5.97. The molecule has 1 saturated carbocycles. The van der Waals surface area contributed by atoms with Gasteiger partial charge in [-0.3, -0.25) is 0 Å². The van der Waals surface area contributed by atoms with Crippen molar-refractivity contribution in [1.82, 2.24) is 15.3 Å². The molecule has 1 fully saturated rings. The highest BCUT2D eigenvalue weighted by molar-refractivity contribution is 7.89. The molecule has 102 valence electrons. The fourth-order valence-electron chi connectivity index (χ4n) is 1.78. The molecule has 2 aromatic rings. The maximum Gasteiger partial charge on any atom is 0.241 e. The Morgan fingerprint density at radius 2 is 2.05 bits per heavy atom. The van der Waals surface area contributed by atoms with E-state index in [0.717, 1.165) is 12.8 Å². The molecule has 1 aliphatic carbocycles. The zero-order valence-electron chi connectivity index (χ0n) is 10.4. The fourth-order valence-corrected chi connectivity index (χ4v) is 2.97. The van der Waals surface area contributed by atoms with Gasteiger partial charge in [-0.25, -0.2) is 8.42 Å². The van der Waals surface area contributed by atoms with E-state index in [1.807, 2.05) is 0 Å². The van der Waals surface area contributed by atoms with E-state index >= 15 is 0 Å². The third kappa shape index (κ3) is 3.01.